The predicted molar refractivity (Wildman–Crippen MR) is 83.8 cm³/mol. The number of hydrogen-bond acceptors (Lipinski definition) is 3. The Bertz CT molecular complexity index is 469. The van der Waals surface area contributed by atoms with Crippen LogP contribution in [-0.2, 0) is 19.5 Å². The van der Waals surface area contributed by atoms with Gasteiger partial charge in [0.2, 0.25) is 0 Å². The Hall–Kier alpha value is -0.900. The summed E-state index contributed by atoms with van der Waals surface area (Å²) >= 11 is 0. The molecule has 3 rings (SSSR count). The predicted octanol–water partition coefficient (Wildman–Crippen LogP) is 1.71. The molecule has 2 atom stereocenters. The van der Waals surface area contributed by atoms with Gasteiger partial charge in [0, 0.05) is 32.2 Å². The fourth-order valence-corrected chi connectivity index (χ4v) is 3.74. The number of benzene rings is 1. The third-order valence-electron chi connectivity index (χ3n) is 4.88. The Labute approximate surface area is 123 Å². The molecule has 0 aromatic heterocycles. The van der Waals surface area contributed by atoms with E-state index >= 15 is 0 Å². The minimum atomic E-state index is 0.703. The van der Waals surface area contributed by atoms with Crippen molar-refractivity contribution < 1.29 is 0 Å². The molecule has 0 saturated carbocycles. The van der Waals surface area contributed by atoms with E-state index in [-0.39, 0.29) is 0 Å². The maximum absolute atomic E-state index is 3.47. The van der Waals surface area contributed by atoms with Gasteiger partial charge in [0.15, 0.2) is 0 Å². The molecule has 110 valence electrons. The molecular weight excluding hydrogens is 246 g/mol. The first-order chi connectivity index (χ1) is 9.63. The normalized spacial score (nSPS) is 27.0. The number of likely N-dealkylation sites (N-methyl/N-ethyl adjacent to an activating group) is 1. The lowest BCUT2D eigenvalue weighted by molar-refractivity contribution is 0.250. The summed E-state index contributed by atoms with van der Waals surface area (Å²) in [4.78, 5) is 4.98. The second kappa shape index (κ2) is 5.84. The molecule has 1 saturated heterocycles. The van der Waals surface area contributed by atoms with Crippen LogP contribution in [0.3, 0.4) is 0 Å². The first-order valence-electron chi connectivity index (χ1n) is 7.83. The number of nitrogens with one attached hydrogen (secondary N) is 1. The summed E-state index contributed by atoms with van der Waals surface area (Å²) in [5.41, 5.74) is 4.51. The number of hydrogen-bond donors (Lipinski definition) is 1. The number of nitrogens with zero attached hydrogens (tertiary/aromatic N) is 2. The molecule has 0 radical (unpaired) electrons. The van der Waals surface area contributed by atoms with E-state index < -0.39 is 0 Å². The molecule has 20 heavy (non-hydrogen) atoms. The number of likely N-dealkylation sites (tertiary alicyclic amines) is 1. The average molecular weight is 273 g/mol. The van der Waals surface area contributed by atoms with Crippen molar-refractivity contribution in [3.05, 3.63) is 34.9 Å². The highest BCUT2D eigenvalue weighted by molar-refractivity contribution is 5.33. The van der Waals surface area contributed by atoms with Gasteiger partial charge in [-0.15, -0.1) is 0 Å². The van der Waals surface area contributed by atoms with Gasteiger partial charge in [0.25, 0.3) is 0 Å². The zero-order valence-corrected chi connectivity index (χ0v) is 13.0. The first-order valence-corrected chi connectivity index (χ1v) is 7.83. The average Bonchev–Trinajstić information content (AvgIpc) is 2.79. The van der Waals surface area contributed by atoms with Gasteiger partial charge >= 0.3 is 0 Å². The van der Waals surface area contributed by atoms with E-state index in [1.54, 1.807) is 0 Å². The molecule has 2 aliphatic rings. The van der Waals surface area contributed by atoms with Crippen LogP contribution in [0.1, 0.15) is 23.6 Å². The van der Waals surface area contributed by atoms with Crippen molar-refractivity contribution in [3.63, 3.8) is 0 Å². The molecule has 1 aromatic carbocycles. The van der Waals surface area contributed by atoms with Crippen LogP contribution in [-0.4, -0.2) is 49.6 Å². The minimum Gasteiger partial charge on any atom is -0.312 e. The van der Waals surface area contributed by atoms with Crippen molar-refractivity contribution in [1.29, 1.82) is 0 Å². The van der Waals surface area contributed by atoms with Gasteiger partial charge < -0.3 is 10.2 Å². The summed E-state index contributed by atoms with van der Waals surface area (Å²) in [6.07, 6.45) is 1.18. The Kier molecular flexibility index (Phi) is 4.11. The molecule has 1 N–H and O–H groups in total. The smallest absolute Gasteiger partial charge is 0.0254 e. The van der Waals surface area contributed by atoms with Gasteiger partial charge in [-0.3, -0.25) is 4.90 Å². The Morgan fingerprint density at radius 1 is 1.25 bits per heavy atom. The Morgan fingerprint density at radius 3 is 2.85 bits per heavy atom. The molecule has 0 bridgehead atoms. The summed E-state index contributed by atoms with van der Waals surface area (Å²) < 4.78 is 0. The van der Waals surface area contributed by atoms with Crippen LogP contribution in [0.2, 0.25) is 0 Å². The van der Waals surface area contributed by atoms with Crippen LogP contribution >= 0.6 is 0 Å². The van der Waals surface area contributed by atoms with Crippen LogP contribution < -0.4 is 5.32 Å². The third kappa shape index (κ3) is 2.90. The monoisotopic (exact) mass is 273 g/mol. The fourth-order valence-electron chi connectivity index (χ4n) is 3.74. The molecule has 1 aromatic rings. The summed E-state index contributed by atoms with van der Waals surface area (Å²) in [7, 11) is 4.41. The Balaban J connectivity index is 1.67. The van der Waals surface area contributed by atoms with Crippen molar-refractivity contribution >= 4 is 0 Å². The van der Waals surface area contributed by atoms with E-state index in [4.69, 9.17) is 0 Å². The fraction of sp³-hybridized carbons (Fsp3) is 0.647. The summed E-state index contributed by atoms with van der Waals surface area (Å²) in [6.45, 7) is 8.06. The zero-order chi connectivity index (χ0) is 14.1. The largest absolute Gasteiger partial charge is 0.312 e. The van der Waals surface area contributed by atoms with Gasteiger partial charge in [0.05, 0.1) is 0 Å². The van der Waals surface area contributed by atoms with E-state index in [0.717, 1.165) is 25.6 Å². The highest BCUT2D eigenvalue weighted by Gasteiger charge is 2.30. The van der Waals surface area contributed by atoms with Crippen molar-refractivity contribution in [2.24, 2.45) is 5.92 Å². The molecule has 2 aliphatic heterocycles. The van der Waals surface area contributed by atoms with Crippen LogP contribution in [0.5, 0.6) is 0 Å². The summed E-state index contributed by atoms with van der Waals surface area (Å²) in [6, 6.07) is 7.79. The van der Waals surface area contributed by atoms with Crippen LogP contribution in [0.4, 0.5) is 0 Å². The van der Waals surface area contributed by atoms with Crippen molar-refractivity contribution in [3.8, 4) is 0 Å². The molecule has 1 fully saturated rings. The highest BCUT2D eigenvalue weighted by Crippen LogP contribution is 2.23. The molecule has 2 unspecified atom stereocenters. The second-order valence-corrected chi connectivity index (χ2v) is 6.73. The van der Waals surface area contributed by atoms with E-state index in [1.807, 2.05) is 0 Å². The number of rotatable bonds is 3. The van der Waals surface area contributed by atoms with Gasteiger partial charge in [-0.1, -0.05) is 25.1 Å². The lowest BCUT2D eigenvalue weighted by Crippen LogP contribution is -2.34. The van der Waals surface area contributed by atoms with Crippen molar-refractivity contribution in [2.75, 3.05) is 33.7 Å². The molecule has 2 heterocycles. The second-order valence-electron chi connectivity index (χ2n) is 6.73. The third-order valence-corrected chi connectivity index (χ3v) is 4.88. The Morgan fingerprint density at radius 2 is 2.10 bits per heavy atom. The van der Waals surface area contributed by atoms with E-state index in [2.05, 4.69) is 54.3 Å². The summed E-state index contributed by atoms with van der Waals surface area (Å²) in [5, 5.41) is 3.47. The summed E-state index contributed by atoms with van der Waals surface area (Å²) in [5.74, 6) is 0.768. The van der Waals surface area contributed by atoms with Gasteiger partial charge in [-0.2, -0.15) is 0 Å². The molecule has 3 heteroatoms. The molecule has 0 spiro atoms. The van der Waals surface area contributed by atoms with Gasteiger partial charge in [-0.25, -0.2) is 0 Å². The first kappa shape index (κ1) is 14.1. The quantitative estimate of drug-likeness (QED) is 0.904. The molecule has 0 amide bonds. The number of fused-ring (bicyclic) bond motifs is 1. The maximum atomic E-state index is 3.47. The van der Waals surface area contributed by atoms with Crippen molar-refractivity contribution in [1.82, 2.24) is 15.1 Å². The van der Waals surface area contributed by atoms with E-state index in [1.165, 1.54) is 36.2 Å². The minimum absolute atomic E-state index is 0.703. The lowest BCUT2D eigenvalue weighted by atomic mass is 9.98. The molecular formula is C17H27N3. The topological polar surface area (TPSA) is 18.5 Å². The molecule has 0 aliphatic carbocycles. The maximum Gasteiger partial charge on any atom is 0.0254 e. The molecule has 3 nitrogen and oxygen atoms in total. The lowest BCUT2D eigenvalue weighted by Gasteiger charge is -2.23. The van der Waals surface area contributed by atoms with Crippen molar-refractivity contribution in [2.45, 2.75) is 32.5 Å². The van der Waals surface area contributed by atoms with Crippen LogP contribution in [0.25, 0.3) is 0 Å². The van der Waals surface area contributed by atoms with E-state index in [0.29, 0.717) is 6.04 Å². The SMILES string of the molecule is CC1CN(Cc2ccc3c(c2)CNCC3)CC1N(C)C. The van der Waals surface area contributed by atoms with Crippen LogP contribution in [0, 0.1) is 5.92 Å². The van der Waals surface area contributed by atoms with Gasteiger partial charge in [-0.05, 0) is 49.7 Å². The zero-order valence-electron chi connectivity index (χ0n) is 13.0. The standard InChI is InChI=1S/C17H27N3/c1-13-10-20(12-17(13)19(2)3)11-14-4-5-15-6-7-18-9-16(15)8-14/h4-5,8,13,17-18H,6-7,9-12H2,1-3H3. The van der Waals surface area contributed by atoms with E-state index in [9.17, 15) is 0 Å². The van der Waals surface area contributed by atoms with Crippen LogP contribution in [0.15, 0.2) is 18.2 Å². The highest BCUT2D eigenvalue weighted by atomic mass is 15.2. The van der Waals surface area contributed by atoms with Gasteiger partial charge in [0.1, 0.15) is 0 Å².